The molecule has 5 amide bonds. The van der Waals surface area contributed by atoms with E-state index in [1.807, 2.05) is 54.6 Å². The van der Waals surface area contributed by atoms with E-state index in [-0.39, 0.29) is 31.7 Å². The second-order valence-corrected chi connectivity index (χ2v) is 14.8. The maximum atomic E-state index is 13.0. The molecular weight excluding hydrogens is 823 g/mol. The van der Waals surface area contributed by atoms with E-state index >= 15 is 0 Å². The number of aliphatic hydroxyl groups excluding tert-OH is 2. The van der Waals surface area contributed by atoms with Crippen LogP contribution in [0.5, 0.6) is 0 Å². The Balaban J connectivity index is 1.03. The van der Waals surface area contributed by atoms with Crippen molar-refractivity contribution in [3.8, 4) is 0 Å². The highest BCUT2D eigenvalue weighted by Gasteiger charge is 2.47. The number of hydrogen-bond acceptors (Lipinski definition) is 15. The molecule has 0 radical (unpaired) electrons. The number of nitrogens with two attached hydrogens (primary N) is 1. The molecule has 1 aliphatic heterocycles. The standard InChI is InChI=1S/C42H53N9O12/c1-24(47-34(55)23-61-39-37(48-25(2)53)42(63-32(21-52)38(39)56)62-22-26-9-4-3-5-10-26)41(58)50-30(40(43)57)15-16-33(54)45-19-17-44-18-20-46-36-27-11-6-7-12-28(27)49-29-13-8-14-31(35(29)36)51(59)60/h3-14,24,30,32,37-39,42,44,52,56H,15-23H2,1-2H3,(H2,43,57)(H,45,54)(H,46,49)(H,47,55)(H,48,53)(H,50,58)/t24-,30+,32?,37?,38?,39?,42?/m0/s1. The number of carbonyl (C=O) groups is 5. The van der Waals surface area contributed by atoms with Crippen molar-refractivity contribution < 1.29 is 53.3 Å². The number of nitro benzene ring substituents is 1. The molecule has 3 aromatic carbocycles. The van der Waals surface area contributed by atoms with Crippen molar-refractivity contribution in [3.05, 3.63) is 88.5 Å². The van der Waals surface area contributed by atoms with Crippen LogP contribution in [-0.2, 0) is 44.8 Å². The van der Waals surface area contributed by atoms with Crippen molar-refractivity contribution in [1.82, 2.24) is 31.6 Å². The summed E-state index contributed by atoms with van der Waals surface area (Å²) in [6.07, 6.45) is -5.40. The fourth-order valence-corrected chi connectivity index (χ4v) is 6.97. The molecule has 21 heteroatoms. The van der Waals surface area contributed by atoms with Crippen LogP contribution in [0.2, 0.25) is 0 Å². The van der Waals surface area contributed by atoms with Gasteiger partial charge >= 0.3 is 0 Å². The highest BCUT2D eigenvalue weighted by atomic mass is 16.7. The summed E-state index contributed by atoms with van der Waals surface area (Å²) in [4.78, 5) is 78.8. The Kier molecular flexibility index (Phi) is 17.6. The first kappa shape index (κ1) is 47.7. The number of hydrogen-bond donors (Lipinski definition) is 9. The van der Waals surface area contributed by atoms with Crippen LogP contribution in [0, 0.1) is 10.1 Å². The molecule has 5 rings (SSSR count). The zero-order valence-corrected chi connectivity index (χ0v) is 34.8. The van der Waals surface area contributed by atoms with E-state index in [2.05, 4.69) is 36.9 Å². The molecular formula is C42H53N9O12. The number of para-hydroxylation sites is 1. The Hall–Kier alpha value is -6.36. The van der Waals surface area contributed by atoms with E-state index in [0.717, 1.165) is 10.9 Å². The molecule has 63 heavy (non-hydrogen) atoms. The molecule has 0 saturated carbocycles. The van der Waals surface area contributed by atoms with Crippen LogP contribution in [0.3, 0.4) is 0 Å². The summed E-state index contributed by atoms with van der Waals surface area (Å²) in [6, 6.07) is 17.6. The predicted molar refractivity (Wildman–Crippen MR) is 229 cm³/mol. The molecule has 10 N–H and O–H groups in total. The number of carbonyl (C=O) groups excluding carboxylic acids is 5. The first-order valence-electron chi connectivity index (χ1n) is 20.3. The summed E-state index contributed by atoms with van der Waals surface area (Å²) in [6.45, 7) is 2.83. The number of non-ortho nitro benzene ring substituents is 1. The van der Waals surface area contributed by atoms with Crippen LogP contribution in [0.4, 0.5) is 11.4 Å². The van der Waals surface area contributed by atoms with Crippen molar-refractivity contribution >= 4 is 62.7 Å². The highest BCUT2D eigenvalue weighted by molar-refractivity contribution is 6.11. The Bertz CT molecular complexity index is 2230. The van der Waals surface area contributed by atoms with Gasteiger partial charge in [-0.2, -0.15) is 0 Å². The lowest BCUT2D eigenvalue weighted by Crippen LogP contribution is -2.65. The van der Waals surface area contributed by atoms with E-state index in [1.54, 1.807) is 12.1 Å². The third kappa shape index (κ3) is 13.3. The summed E-state index contributed by atoms with van der Waals surface area (Å²) in [5, 5.41) is 50.5. The van der Waals surface area contributed by atoms with E-state index in [0.29, 0.717) is 41.7 Å². The van der Waals surface area contributed by atoms with Gasteiger partial charge in [-0.05, 0) is 31.0 Å². The van der Waals surface area contributed by atoms with Crippen LogP contribution in [0.15, 0.2) is 72.8 Å². The van der Waals surface area contributed by atoms with Crippen LogP contribution < -0.4 is 37.6 Å². The number of ether oxygens (including phenoxy) is 3. The maximum absolute atomic E-state index is 13.0. The maximum Gasteiger partial charge on any atom is 0.280 e. The van der Waals surface area contributed by atoms with Crippen molar-refractivity contribution in [1.29, 1.82) is 0 Å². The van der Waals surface area contributed by atoms with Crippen LogP contribution in [0.1, 0.15) is 32.3 Å². The number of aliphatic hydroxyl groups is 2. The molecule has 1 fully saturated rings. The lowest BCUT2D eigenvalue weighted by Gasteiger charge is -2.44. The quantitative estimate of drug-likeness (QED) is 0.0203. The zero-order valence-electron chi connectivity index (χ0n) is 34.8. The SMILES string of the molecule is CC(=O)NC1C(OCc2ccccc2)OC(CO)C(O)C1OCC(=O)N[C@@H](C)C(=O)N[C@H](CCC(=O)NCCNCCNc1c2ccccc2nc2cccc([N+](=O)[O-])c12)C(N)=O. The lowest BCUT2D eigenvalue weighted by atomic mass is 9.96. The van der Waals surface area contributed by atoms with Gasteiger partial charge in [0.25, 0.3) is 5.69 Å². The van der Waals surface area contributed by atoms with Crippen molar-refractivity contribution in [3.63, 3.8) is 0 Å². The number of nitrogens with zero attached hydrogens (tertiary/aromatic N) is 2. The average molecular weight is 876 g/mol. The topological polar surface area (TPSA) is 308 Å². The molecule has 4 aromatic rings. The van der Waals surface area contributed by atoms with E-state index in [1.165, 1.54) is 19.9 Å². The zero-order chi connectivity index (χ0) is 45.5. The molecule has 0 aliphatic carbocycles. The van der Waals surface area contributed by atoms with Crippen LogP contribution in [-0.4, -0.2) is 132 Å². The Labute approximate surface area is 361 Å². The summed E-state index contributed by atoms with van der Waals surface area (Å²) in [7, 11) is 0. The number of pyridine rings is 1. The third-order valence-corrected chi connectivity index (χ3v) is 10.1. The number of benzene rings is 3. The number of primary amides is 1. The molecule has 21 nitrogen and oxygen atoms in total. The summed E-state index contributed by atoms with van der Waals surface area (Å²) >= 11 is 0. The first-order valence-corrected chi connectivity index (χ1v) is 20.3. The van der Waals surface area contributed by atoms with Gasteiger partial charge < -0.3 is 62.1 Å². The van der Waals surface area contributed by atoms with Gasteiger partial charge in [0.05, 0.1) is 34.9 Å². The molecule has 338 valence electrons. The van der Waals surface area contributed by atoms with E-state index in [9.17, 15) is 44.3 Å². The van der Waals surface area contributed by atoms with Gasteiger partial charge in [-0.15, -0.1) is 0 Å². The second kappa shape index (κ2) is 23.2. The second-order valence-electron chi connectivity index (χ2n) is 14.8. The van der Waals surface area contributed by atoms with Gasteiger partial charge in [0.15, 0.2) is 6.29 Å². The number of anilines is 1. The minimum Gasteiger partial charge on any atom is -0.394 e. The third-order valence-electron chi connectivity index (χ3n) is 10.1. The number of rotatable bonds is 23. The Morgan fingerprint density at radius 2 is 1.63 bits per heavy atom. The van der Waals surface area contributed by atoms with Crippen molar-refractivity contribution in [2.75, 3.05) is 44.7 Å². The fraction of sp³-hybridized carbons (Fsp3) is 0.429. The van der Waals surface area contributed by atoms with Gasteiger partial charge in [-0.25, -0.2) is 4.98 Å². The number of aromatic nitrogens is 1. The van der Waals surface area contributed by atoms with E-state index < -0.39 is 90.4 Å². The largest absolute Gasteiger partial charge is 0.394 e. The molecule has 1 aromatic heterocycles. The minimum absolute atomic E-state index is 0.0594. The van der Waals surface area contributed by atoms with Crippen molar-refractivity contribution in [2.24, 2.45) is 5.73 Å². The molecule has 0 spiro atoms. The smallest absolute Gasteiger partial charge is 0.280 e. The number of fused-ring (bicyclic) bond motifs is 2. The predicted octanol–water partition coefficient (Wildman–Crippen LogP) is -0.146. The number of nitro groups is 1. The Morgan fingerprint density at radius 1 is 0.921 bits per heavy atom. The molecule has 1 saturated heterocycles. The average Bonchev–Trinajstić information content (AvgIpc) is 3.26. The van der Waals surface area contributed by atoms with Crippen LogP contribution in [0.25, 0.3) is 21.8 Å². The minimum atomic E-state index is -1.49. The van der Waals surface area contributed by atoms with E-state index in [4.69, 9.17) is 19.9 Å². The highest BCUT2D eigenvalue weighted by Crippen LogP contribution is 2.36. The van der Waals surface area contributed by atoms with Gasteiger partial charge in [0.1, 0.15) is 48.4 Å². The fourth-order valence-electron chi connectivity index (χ4n) is 6.97. The molecule has 7 atom stereocenters. The number of amides is 5. The van der Waals surface area contributed by atoms with Gasteiger partial charge in [-0.1, -0.05) is 54.6 Å². The monoisotopic (exact) mass is 875 g/mol. The lowest BCUT2D eigenvalue weighted by molar-refractivity contribution is -0.383. The molecule has 2 heterocycles. The number of nitrogens with one attached hydrogen (secondary N) is 6. The normalized spacial score (nSPS) is 19.4. The summed E-state index contributed by atoms with van der Waals surface area (Å²) in [5.41, 5.74) is 8.02. The summed E-state index contributed by atoms with van der Waals surface area (Å²) < 4.78 is 17.4. The molecule has 0 bridgehead atoms. The summed E-state index contributed by atoms with van der Waals surface area (Å²) in [5.74, 6) is -3.36. The Morgan fingerprint density at radius 3 is 2.35 bits per heavy atom. The van der Waals surface area contributed by atoms with Crippen LogP contribution >= 0.6 is 0 Å². The van der Waals surface area contributed by atoms with Gasteiger partial charge in [0.2, 0.25) is 29.5 Å². The first-order chi connectivity index (χ1) is 30.3. The van der Waals surface area contributed by atoms with Gasteiger partial charge in [-0.3, -0.25) is 34.1 Å². The van der Waals surface area contributed by atoms with Gasteiger partial charge in [0, 0.05) is 51.0 Å². The molecule has 1 aliphatic rings. The molecule has 5 unspecified atom stereocenters. The van der Waals surface area contributed by atoms with Crippen molar-refractivity contribution in [2.45, 2.75) is 76.0 Å².